The van der Waals surface area contributed by atoms with Crippen LogP contribution in [0, 0.1) is 11.8 Å². The molecule has 2 aliphatic rings. The lowest BCUT2D eigenvalue weighted by atomic mass is 9.90. The number of aliphatic hydroxyl groups excluding tert-OH is 1. The van der Waals surface area contributed by atoms with Crippen molar-refractivity contribution in [3.8, 4) is 0 Å². The van der Waals surface area contributed by atoms with Crippen LogP contribution >= 0.6 is 0 Å². The second-order valence-corrected chi connectivity index (χ2v) is 7.93. The zero-order chi connectivity index (χ0) is 14.0. The standard InChI is InChI=1S/C13H26N2O3S/c1-11-6-8-14(9-12(11)2)19(17,18)15-7-4-3-5-13(15)10-16/h11-13,16H,3-10H2,1-2H3. The summed E-state index contributed by atoms with van der Waals surface area (Å²) in [6.07, 6.45) is 3.60. The van der Waals surface area contributed by atoms with E-state index >= 15 is 0 Å². The fourth-order valence-corrected chi connectivity index (χ4v) is 5.01. The van der Waals surface area contributed by atoms with Crippen molar-refractivity contribution in [3.63, 3.8) is 0 Å². The van der Waals surface area contributed by atoms with Crippen molar-refractivity contribution < 1.29 is 13.5 Å². The van der Waals surface area contributed by atoms with Gasteiger partial charge in [0, 0.05) is 25.7 Å². The van der Waals surface area contributed by atoms with Crippen molar-refractivity contribution >= 4 is 10.2 Å². The Morgan fingerprint density at radius 1 is 1.11 bits per heavy atom. The van der Waals surface area contributed by atoms with Crippen LogP contribution in [0.4, 0.5) is 0 Å². The normalized spacial score (nSPS) is 35.4. The first-order valence-corrected chi connectivity index (χ1v) is 8.74. The molecule has 2 fully saturated rings. The molecule has 0 spiro atoms. The van der Waals surface area contributed by atoms with E-state index < -0.39 is 10.2 Å². The molecule has 3 unspecified atom stereocenters. The second kappa shape index (κ2) is 6.08. The maximum Gasteiger partial charge on any atom is 0.282 e. The quantitative estimate of drug-likeness (QED) is 0.845. The van der Waals surface area contributed by atoms with Crippen LogP contribution in [0.3, 0.4) is 0 Å². The summed E-state index contributed by atoms with van der Waals surface area (Å²) in [6, 6.07) is -0.228. The average Bonchev–Trinajstić information content (AvgIpc) is 2.41. The second-order valence-electron chi connectivity index (χ2n) is 6.05. The van der Waals surface area contributed by atoms with E-state index in [0.29, 0.717) is 31.5 Å². The highest BCUT2D eigenvalue weighted by Crippen LogP contribution is 2.28. The van der Waals surface area contributed by atoms with Gasteiger partial charge < -0.3 is 5.11 Å². The first-order chi connectivity index (χ1) is 8.96. The van der Waals surface area contributed by atoms with E-state index in [4.69, 9.17) is 0 Å². The fourth-order valence-electron chi connectivity index (χ4n) is 3.04. The molecule has 3 atom stereocenters. The molecule has 0 saturated carbocycles. The van der Waals surface area contributed by atoms with Crippen LogP contribution < -0.4 is 0 Å². The molecular weight excluding hydrogens is 264 g/mol. The van der Waals surface area contributed by atoms with E-state index in [1.54, 1.807) is 4.31 Å². The maximum atomic E-state index is 12.7. The van der Waals surface area contributed by atoms with Gasteiger partial charge in [0.25, 0.3) is 10.2 Å². The molecule has 112 valence electrons. The van der Waals surface area contributed by atoms with Gasteiger partial charge in [-0.3, -0.25) is 0 Å². The van der Waals surface area contributed by atoms with E-state index in [-0.39, 0.29) is 12.6 Å². The van der Waals surface area contributed by atoms with Gasteiger partial charge in [-0.05, 0) is 31.1 Å². The number of nitrogens with zero attached hydrogens (tertiary/aromatic N) is 2. The van der Waals surface area contributed by atoms with Crippen LogP contribution in [0.2, 0.25) is 0 Å². The third kappa shape index (κ3) is 3.12. The van der Waals surface area contributed by atoms with Gasteiger partial charge in [0.2, 0.25) is 0 Å². The Kier molecular flexibility index (Phi) is 4.87. The Labute approximate surface area is 116 Å². The van der Waals surface area contributed by atoms with Crippen LogP contribution in [-0.2, 0) is 10.2 Å². The summed E-state index contributed by atoms with van der Waals surface area (Å²) >= 11 is 0. The monoisotopic (exact) mass is 290 g/mol. The van der Waals surface area contributed by atoms with Gasteiger partial charge in [-0.1, -0.05) is 20.3 Å². The number of hydrogen-bond acceptors (Lipinski definition) is 3. The number of rotatable bonds is 3. The summed E-state index contributed by atoms with van der Waals surface area (Å²) in [5.41, 5.74) is 0. The third-order valence-electron chi connectivity index (χ3n) is 4.70. The predicted molar refractivity (Wildman–Crippen MR) is 74.9 cm³/mol. The summed E-state index contributed by atoms with van der Waals surface area (Å²) in [5, 5.41) is 9.39. The zero-order valence-electron chi connectivity index (χ0n) is 12.0. The molecule has 2 rings (SSSR count). The predicted octanol–water partition coefficient (Wildman–Crippen LogP) is 1.06. The molecule has 6 heteroatoms. The van der Waals surface area contributed by atoms with E-state index in [2.05, 4.69) is 13.8 Å². The van der Waals surface area contributed by atoms with Gasteiger partial charge in [0.05, 0.1) is 6.61 Å². The molecule has 2 aliphatic heterocycles. The van der Waals surface area contributed by atoms with Gasteiger partial charge in [0.1, 0.15) is 0 Å². The third-order valence-corrected chi connectivity index (χ3v) is 6.76. The highest BCUT2D eigenvalue weighted by Gasteiger charge is 2.38. The topological polar surface area (TPSA) is 60.9 Å². The van der Waals surface area contributed by atoms with Gasteiger partial charge in [-0.25, -0.2) is 0 Å². The molecule has 5 nitrogen and oxygen atoms in total. The Morgan fingerprint density at radius 3 is 2.47 bits per heavy atom. The molecule has 2 saturated heterocycles. The molecule has 0 radical (unpaired) electrons. The first-order valence-electron chi connectivity index (χ1n) is 7.34. The van der Waals surface area contributed by atoms with E-state index in [9.17, 15) is 13.5 Å². The van der Waals surface area contributed by atoms with Crippen molar-refractivity contribution in [1.29, 1.82) is 0 Å². The van der Waals surface area contributed by atoms with Crippen LogP contribution in [-0.4, -0.2) is 54.4 Å². The number of piperidine rings is 2. The molecule has 2 heterocycles. The van der Waals surface area contributed by atoms with Gasteiger partial charge in [-0.15, -0.1) is 0 Å². The zero-order valence-corrected chi connectivity index (χ0v) is 12.8. The molecule has 0 aromatic rings. The minimum atomic E-state index is -3.40. The average molecular weight is 290 g/mol. The van der Waals surface area contributed by atoms with Crippen molar-refractivity contribution in [2.75, 3.05) is 26.2 Å². The molecular formula is C13H26N2O3S. The van der Waals surface area contributed by atoms with Gasteiger partial charge >= 0.3 is 0 Å². The number of hydrogen-bond donors (Lipinski definition) is 1. The number of aliphatic hydroxyl groups is 1. The Morgan fingerprint density at radius 2 is 1.84 bits per heavy atom. The van der Waals surface area contributed by atoms with Crippen molar-refractivity contribution in [1.82, 2.24) is 8.61 Å². The van der Waals surface area contributed by atoms with E-state index in [1.807, 2.05) is 0 Å². The van der Waals surface area contributed by atoms with Crippen LogP contribution in [0.5, 0.6) is 0 Å². The van der Waals surface area contributed by atoms with Crippen molar-refractivity contribution in [3.05, 3.63) is 0 Å². The summed E-state index contributed by atoms with van der Waals surface area (Å²) in [7, 11) is -3.40. The molecule has 0 amide bonds. The summed E-state index contributed by atoms with van der Waals surface area (Å²) in [6.45, 7) is 6.01. The Balaban J connectivity index is 2.12. The first kappa shape index (κ1) is 15.2. The molecule has 0 aliphatic carbocycles. The van der Waals surface area contributed by atoms with E-state index in [0.717, 1.165) is 25.7 Å². The summed E-state index contributed by atoms with van der Waals surface area (Å²) in [5.74, 6) is 0.988. The van der Waals surface area contributed by atoms with Crippen LogP contribution in [0.1, 0.15) is 39.5 Å². The molecule has 0 bridgehead atoms. The lowest BCUT2D eigenvalue weighted by molar-refractivity contribution is 0.138. The van der Waals surface area contributed by atoms with Gasteiger partial charge in [-0.2, -0.15) is 17.0 Å². The highest BCUT2D eigenvalue weighted by molar-refractivity contribution is 7.86. The van der Waals surface area contributed by atoms with Crippen LogP contribution in [0.25, 0.3) is 0 Å². The minimum Gasteiger partial charge on any atom is -0.395 e. The Bertz CT molecular complexity index is 399. The smallest absolute Gasteiger partial charge is 0.282 e. The minimum absolute atomic E-state index is 0.0704. The lowest BCUT2D eigenvalue weighted by Gasteiger charge is -2.41. The summed E-state index contributed by atoms with van der Waals surface area (Å²) < 4.78 is 28.5. The molecule has 0 aromatic heterocycles. The lowest BCUT2D eigenvalue weighted by Crippen LogP contribution is -2.54. The molecule has 1 N–H and O–H groups in total. The fraction of sp³-hybridized carbons (Fsp3) is 1.00. The van der Waals surface area contributed by atoms with Gasteiger partial charge in [0.15, 0.2) is 0 Å². The van der Waals surface area contributed by atoms with Crippen LogP contribution in [0.15, 0.2) is 0 Å². The van der Waals surface area contributed by atoms with E-state index in [1.165, 1.54) is 4.31 Å². The van der Waals surface area contributed by atoms with Crippen molar-refractivity contribution in [2.45, 2.75) is 45.6 Å². The highest BCUT2D eigenvalue weighted by atomic mass is 32.2. The maximum absolute atomic E-state index is 12.7. The summed E-state index contributed by atoms with van der Waals surface area (Å²) in [4.78, 5) is 0. The van der Waals surface area contributed by atoms with Crippen molar-refractivity contribution in [2.24, 2.45) is 11.8 Å². The Hall–Kier alpha value is -0.170. The molecule has 19 heavy (non-hydrogen) atoms. The largest absolute Gasteiger partial charge is 0.395 e. The SMILES string of the molecule is CC1CCN(S(=O)(=O)N2CCCCC2CO)CC1C. The molecule has 0 aromatic carbocycles.